The van der Waals surface area contributed by atoms with Gasteiger partial charge in [-0.05, 0) is 37.6 Å². The molecule has 7 heteroatoms. The number of benzene rings is 1. The highest BCUT2D eigenvalue weighted by molar-refractivity contribution is 5.58. The summed E-state index contributed by atoms with van der Waals surface area (Å²) in [5, 5.41) is 4.34. The number of fused-ring (bicyclic) bond motifs is 1. The van der Waals surface area contributed by atoms with E-state index in [1.807, 2.05) is 30.5 Å². The maximum absolute atomic E-state index is 5.78. The van der Waals surface area contributed by atoms with Crippen LogP contribution in [0.15, 0.2) is 53.2 Å². The topological polar surface area (TPSA) is 62.7 Å². The molecule has 1 fully saturated rings. The zero-order valence-corrected chi connectivity index (χ0v) is 16.7. The molecule has 1 aliphatic rings. The van der Waals surface area contributed by atoms with Crippen molar-refractivity contribution in [2.45, 2.75) is 20.4 Å². The van der Waals surface area contributed by atoms with Crippen molar-refractivity contribution in [3.05, 3.63) is 65.8 Å². The Labute approximate surface area is 169 Å². The highest BCUT2D eigenvalue weighted by Crippen LogP contribution is 2.24. The Kier molecular flexibility index (Phi) is 4.52. The zero-order valence-electron chi connectivity index (χ0n) is 16.7. The lowest BCUT2D eigenvalue weighted by atomic mass is 10.1. The molecular formula is C22H24N6O. The Morgan fingerprint density at radius 2 is 1.86 bits per heavy atom. The Morgan fingerprint density at radius 3 is 2.66 bits per heavy atom. The number of hydrogen-bond acceptors (Lipinski definition) is 6. The molecule has 0 atom stereocenters. The van der Waals surface area contributed by atoms with E-state index in [1.165, 1.54) is 5.56 Å². The second-order valence-electron chi connectivity index (χ2n) is 7.60. The predicted octanol–water partition coefficient (Wildman–Crippen LogP) is 3.32. The van der Waals surface area contributed by atoms with Gasteiger partial charge >= 0.3 is 0 Å². The van der Waals surface area contributed by atoms with Gasteiger partial charge in [-0.2, -0.15) is 14.6 Å². The first kappa shape index (κ1) is 17.9. The average Bonchev–Trinajstić information content (AvgIpc) is 3.37. The third kappa shape index (κ3) is 3.61. The lowest BCUT2D eigenvalue weighted by Crippen LogP contribution is -2.46. The van der Waals surface area contributed by atoms with Gasteiger partial charge in [-0.25, -0.2) is 4.98 Å². The molecule has 1 aromatic carbocycles. The molecule has 0 bridgehead atoms. The molecule has 0 spiro atoms. The van der Waals surface area contributed by atoms with Crippen LogP contribution in [0.25, 0.3) is 17.1 Å². The van der Waals surface area contributed by atoms with Crippen LogP contribution in [0.2, 0.25) is 0 Å². The predicted molar refractivity (Wildman–Crippen MR) is 112 cm³/mol. The Bertz CT molecular complexity index is 1140. The van der Waals surface area contributed by atoms with Crippen molar-refractivity contribution in [1.82, 2.24) is 24.5 Å². The highest BCUT2D eigenvalue weighted by Gasteiger charge is 2.20. The largest absolute Gasteiger partial charge is 0.461 e. The quantitative estimate of drug-likeness (QED) is 0.534. The van der Waals surface area contributed by atoms with Gasteiger partial charge in [-0.15, -0.1) is 0 Å². The highest BCUT2D eigenvalue weighted by atomic mass is 16.3. The normalized spacial score (nSPS) is 15.3. The molecule has 1 aliphatic heterocycles. The molecule has 1 saturated heterocycles. The Morgan fingerprint density at radius 1 is 1.00 bits per heavy atom. The van der Waals surface area contributed by atoms with E-state index < -0.39 is 0 Å². The van der Waals surface area contributed by atoms with Gasteiger partial charge < -0.3 is 9.32 Å². The third-order valence-electron chi connectivity index (χ3n) is 5.42. The maximum Gasteiger partial charge on any atom is 0.254 e. The molecular weight excluding hydrogens is 364 g/mol. The number of piperazine rings is 1. The molecule has 148 valence electrons. The van der Waals surface area contributed by atoms with Crippen LogP contribution in [-0.2, 0) is 6.54 Å². The summed E-state index contributed by atoms with van der Waals surface area (Å²) in [6.45, 7) is 8.83. The van der Waals surface area contributed by atoms with Crippen LogP contribution in [0, 0.1) is 13.8 Å². The van der Waals surface area contributed by atoms with E-state index in [1.54, 1.807) is 6.33 Å². The minimum atomic E-state index is 0.660. The van der Waals surface area contributed by atoms with Gasteiger partial charge in [-0.3, -0.25) is 4.90 Å². The van der Waals surface area contributed by atoms with Crippen LogP contribution in [0.3, 0.4) is 0 Å². The van der Waals surface area contributed by atoms with E-state index in [-0.39, 0.29) is 0 Å². The first-order valence-corrected chi connectivity index (χ1v) is 9.96. The Hall–Kier alpha value is -3.19. The van der Waals surface area contributed by atoms with Crippen molar-refractivity contribution in [2.24, 2.45) is 0 Å². The van der Waals surface area contributed by atoms with Gasteiger partial charge in [0, 0.05) is 50.0 Å². The number of furan rings is 1. The summed E-state index contributed by atoms with van der Waals surface area (Å²) in [5.74, 6) is 3.60. The van der Waals surface area contributed by atoms with Gasteiger partial charge in [0.1, 0.15) is 23.7 Å². The van der Waals surface area contributed by atoms with E-state index in [9.17, 15) is 0 Å². The van der Waals surface area contributed by atoms with Crippen LogP contribution < -0.4 is 4.90 Å². The number of hydrogen-bond donors (Lipinski definition) is 0. The van der Waals surface area contributed by atoms with Gasteiger partial charge in [0.2, 0.25) is 0 Å². The molecule has 4 heterocycles. The summed E-state index contributed by atoms with van der Waals surface area (Å²) >= 11 is 0. The van der Waals surface area contributed by atoms with Crippen LogP contribution >= 0.6 is 0 Å². The Balaban J connectivity index is 1.27. The van der Waals surface area contributed by atoms with Crippen LogP contribution in [0.4, 0.5) is 5.82 Å². The standard InChI is InChI=1S/C22H24N6O/c1-16-12-21(28-22(25-16)23-15-24-28)27-10-8-26(9-11-27)14-18-4-3-5-19(13-18)20-7-6-17(2)29-20/h3-7,12-13,15H,8-11,14H2,1-2H3. The molecule has 29 heavy (non-hydrogen) atoms. The number of rotatable bonds is 4. The average molecular weight is 388 g/mol. The molecule has 5 rings (SSSR count). The maximum atomic E-state index is 5.78. The SMILES string of the molecule is Cc1cc(N2CCN(Cc3cccc(-c4ccc(C)o4)c3)CC2)n2ncnc2n1. The van der Waals surface area contributed by atoms with E-state index in [0.717, 1.165) is 61.3 Å². The smallest absolute Gasteiger partial charge is 0.254 e. The van der Waals surface area contributed by atoms with Gasteiger partial charge in [0.05, 0.1) is 0 Å². The van der Waals surface area contributed by atoms with Gasteiger partial charge in [0.25, 0.3) is 5.78 Å². The molecule has 7 nitrogen and oxygen atoms in total. The van der Waals surface area contributed by atoms with E-state index in [0.29, 0.717) is 5.78 Å². The van der Waals surface area contributed by atoms with Crippen molar-refractivity contribution in [1.29, 1.82) is 0 Å². The number of aryl methyl sites for hydroxylation is 2. The number of aromatic nitrogens is 4. The van der Waals surface area contributed by atoms with Crippen LogP contribution in [0.5, 0.6) is 0 Å². The van der Waals surface area contributed by atoms with Crippen molar-refractivity contribution < 1.29 is 4.42 Å². The van der Waals surface area contributed by atoms with Gasteiger partial charge in [-0.1, -0.05) is 18.2 Å². The van der Waals surface area contributed by atoms with E-state index in [2.05, 4.69) is 55.2 Å². The van der Waals surface area contributed by atoms with Crippen LogP contribution in [0.1, 0.15) is 17.0 Å². The third-order valence-corrected chi connectivity index (χ3v) is 5.42. The molecule has 0 unspecified atom stereocenters. The summed E-state index contributed by atoms with van der Waals surface area (Å²) in [4.78, 5) is 13.5. The first-order chi connectivity index (χ1) is 14.2. The fourth-order valence-corrected chi connectivity index (χ4v) is 3.94. The summed E-state index contributed by atoms with van der Waals surface area (Å²) < 4.78 is 7.61. The lowest BCUT2D eigenvalue weighted by molar-refractivity contribution is 0.249. The molecule has 0 amide bonds. The van der Waals surface area contributed by atoms with Crippen LogP contribution in [-0.4, -0.2) is 50.7 Å². The molecule has 3 aromatic heterocycles. The molecule has 0 radical (unpaired) electrons. The van der Waals surface area contributed by atoms with Gasteiger partial charge in [0.15, 0.2) is 0 Å². The summed E-state index contributed by atoms with van der Waals surface area (Å²) in [5.41, 5.74) is 3.41. The number of anilines is 1. The minimum absolute atomic E-state index is 0.660. The second kappa shape index (κ2) is 7.33. The van der Waals surface area contributed by atoms with Crippen molar-refractivity contribution in [3.8, 4) is 11.3 Å². The second-order valence-corrected chi connectivity index (χ2v) is 7.60. The monoisotopic (exact) mass is 388 g/mol. The molecule has 0 aliphatic carbocycles. The summed E-state index contributed by atoms with van der Waals surface area (Å²) in [6, 6.07) is 14.8. The van der Waals surface area contributed by atoms with Crippen molar-refractivity contribution in [3.63, 3.8) is 0 Å². The lowest BCUT2D eigenvalue weighted by Gasteiger charge is -2.36. The fraction of sp³-hybridized carbons (Fsp3) is 0.318. The zero-order chi connectivity index (χ0) is 19.8. The molecule has 4 aromatic rings. The van der Waals surface area contributed by atoms with Crippen molar-refractivity contribution >= 4 is 11.6 Å². The van der Waals surface area contributed by atoms with E-state index >= 15 is 0 Å². The molecule has 0 N–H and O–H groups in total. The fourth-order valence-electron chi connectivity index (χ4n) is 3.94. The first-order valence-electron chi connectivity index (χ1n) is 9.96. The van der Waals surface area contributed by atoms with Crippen molar-refractivity contribution in [2.75, 3.05) is 31.1 Å². The minimum Gasteiger partial charge on any atom is -0.461 e. The van der Waals surface area contributed by atoms with E-state index in [4.69, 9.17) is 4.42 Å². The summed E-state index contributed by atoms with van der Waals surface area (Å²) in [7, 11) is 0. The number of nitrogens with zero attached hydrogens (tertiary/aromatic N) is 6. The summed E-state index contributed by atoms with van der Waals surface area (Å²) in [6.07, 6.45) is 1.56. The molecule has 0 saturated carbocycles.